The number of carbonyl (C=O) groups is 2. The lowest BCUT2D eigenvalue weighted by Gasteiger charge is -2.17. The van der Waals surface area contributed by atoms with Crippen LogP contribution in [0.4, 0.5) is 10.5 Å². The SMILES string of the molecule is CC(=O)NCC1CN(c2ccc3c(c2)CCCCC3O)C(=O)O1. The van der Waals surface area contributed by atoms with E-state index in [9.17, 15) is 14.7 Å². The van der Waals surface area contributed by atoms with Crippen LogP contribution in [0.25, 0.3) is 0 Å². The predicted octanol–water partition coefficient (Wildman–Crippen LogP) is 1.91. The number of nitrogens with one attached hydrogen (secondary N) is 1. The Labute approximate surface area is 135 Å². The van der Waals surface area contributed by atoms with E-state index < -0.39 is 12.2 Å². The van der Waals surface area contributed by atoms with Gasteiger partial charge in [0.1, 0.15) is 6.10 Å². The van der Waals surface area contributed by atoms with Crippen LogP contribution in [0, 0.1) is 0 Å². The second-order valence-corrected chi connectivity index (χ2v) is 6.20. The molecule has 2 atom stereocenters. The highest BCUT2D eigenvalue weighted by atomic mass is 16.6. The van der Waals surface area contributed by atoms with Crippen LogP contribution in [-0.4, -0.2) is 36.3 Å². The molecule has 2 N–H and O–H groups in total. The van der Waals surface area contributed by atoms with Gasteiger partial charge in [0.15, 0.2) is 0 Å². The summed E-state index contributed by atoms with van der Waals surface area (Å²) in [5.74, 6) is -0.140. The number of carbonyl (C=O) groups excluding carboxylic acids is 2. The Hall–Kier alpha value is -2.08. The minimum atomic E-state index is -0.417. The van der Waals surface area contributed by atoms with E-state index in [1.54, 1.807) is 4.90 Å². The molecule has 1 aromatic carbocycles. The Morgan fingerprint density at radius 3 is 3.04 bits per heavy atom. The Bertz CT molecular complexity index is 617. The zero-order valence-electron chi connectivity index (χ0n) is 13.2. The fourth-order valence-corrected chi connectivity index (χ4v) is 3.21. The van der Waals surface area contributed by atoms with E-state index >= 15 is 0 Å². The minimum Gasteiger partial charge on any atom is -0.442 e. The number of amides is 2. The van der Waals surface area contributed by atoms with Gasteiger partial charge in [-0.3, -0.25) is 9.69 Å². The fraction of sp³-hybridized carbons (Fsp3) is 0.529. The van der Waals surface area contributed by atoms with Crippen LogP contribution in [0.3, 0.4) is 0 Å². The van der Waals surface area contributed by atoms with E-state index in [0.29, 0.717) is 13.1 Å². The van der Waals surface area contributed by atoms with Crippen molar-refractivity contribution in [2.24, 2.45) is 0 Å². The van der Waals surface area contributed by atoms with Gasteiger partial charge in [0.2, 0.25) is 5.91 Å². The highest BCUT2D eigenvalue weighted by Gasteiger charge is 2.32. The molecular weight excluding hydrogens is 296 g/mol. The molecule has 2 unspecified atom stereocenters. The smallest absolute Gasteiger partial charge is 0.414 e. The van der Waals surface area contributed by atoms with Gasteiger partial charge in [-0.15, -0.1) is 0 Å². The van der Waals surface area contributed by atoms with Crippen molar-refractivity contribution < 1.29 is 19.4 Å². The van der Waals surface area contributed by atoms with Gasteiger partial charge in [-0.1, -0.05) is 12.5 Å². The molecule has 0 bridgehead atoms. The van der Waals surface area contributed by atoms with Gasteiger partial charge in [0.25, 0.3) is 0 Å². The van der Waals surface area contributed by atoms with Crippen LogP contribution < -0.4 is 10.2 Å². The molecule has 3 rings (SSSR count). The third-order valence-corrected chi connectivity index (χ3v) is 4.42. The van der Waals surface area contributed by atoms with Crippen LogP contribution in [0.2, 0.25) is 0 Å². The number of fused-ring (bicyclic) bond motifs is 1. The zero-order valence-corrected chi connectivity index (χ0v) is 13.2. The highest BCUT2D eigenvalue weighted by molar-refractivity contribution is 5.90. The third-order valence-electron chi connectivity index (χ3n) is 4.42. The molecule has 6 nitrogen and oxygen atoms in total. The van der Waals surface area contributed by atoms with Crippen LogP contribution in [0.5, 0.6) is 0 Å². The number of ether oxygens (including phenoxy) is 1. The predicted molar refractivity (Wildman–Crippen MR) is 85.3 cm³/mol. The van der Waals surface area contributed by atoms with Crippen LogP contribution in [-0.2, 0) is 16.0 Å². The molecule has 1 aliphatic heterocycles. The first-order valence-electron chi connectivity index (χ1n) is 8.08. The summed E-state index contributed by atoms with van der Waals surface area (Å²) in [7, 11) is 0. The summed E-state index contributed by atoms with van der Waals surface area (Å²) in [4.78, 5) is 24.6. The minimum absolute atomic E-state index is 0.140. The molecule has 0 spiro atoms. The lowest BCUT2D eigenvalue weighted by atomic mass is 10.00. The second-order valence-electron chi connectivity index (χ2n) is 6.20. The summed E-state index contributed by atoms with van der Waals surface area (Å²) >= 11 is 0. The van der Waals surface area contributed by atoms with Gasteiger partial charge in [0, 0.05) is 12.6 Å². The lowest BCUT2D eigenvalue weighted by molar-refractivity contribution is -0.119. The molecule has 1 saturated heterocycles. The molecule has 1 aromatic rings. The number of hydrogen-bond acceptors (Lipinski definition) is 4. The first kappa shape index (κ1) is 15.8. The quantitative estimate of drug-likeness (QED) is 0.835. The number of cyclic esters (lactones) is 1. The van der Waals surface area contributed by atoms with Crippen LogP contribution in [0.15, 0.2) is 18.2 Å². The van der Waals surface area contributed by atoms with E-state index in [4.69, 9.17) is 4.74 Å². The largest absolute Gasteiger partial charge is 0.442 e. The van der Waals surface area contributed by atoms with Gasteiger partial charge in [-0.2, -0.15) is 0 Å². The number of aryl methyl sites for hydroxylation is 1. The Morgan fingerprint density at radius 1 is 1.43 bits per heavy atom. The molecule has 2 aliphatic rings. The van der Waals surface area contributed by atoms with Gasteiger partial charge >= 0.3 is 6.09 Å². The average Bonchev–Trinajstić information content (AvgIpc) is 2.79. The van der Waals surface area contributed by atoms with E-state index in [1.165, 1.54) is 6.92 Å². The van der Waals surface area contributed by atoms with Crippen LogP contribution >= 0.6 is 0 Å². The molecule has 1 heterocycles. The standard InChI is InChI=1S/C17H22N2O4/c1-11(20)18-9-14-10-19(17(22)23-14)13-6-7-15-12(8-13)4-2-3-5-16(15)21/h6-8,14,16,21H,2-5,9-10H2,1H3,(H,18,20). The number of aliphatic hydroxyl groups is 1. The Kier molecular flexibility index (Phi) is 4.52. The number of hydrogen-bond donors (Lipinski definition) is 2. The second kappa shape index (κ2) is 6.58. The van der Waals surface area contributed by atoms with Crippen molar-refractivity contribution >= 4 is 17.7 Å². The topological polar surface area (TPSA) is 78.9 Å². The monoisotopic (exact) mass is 318 g/mol. The van der Waals surface area contributed by atoms with Gasteiger partial charge in [-0.05, 0) is 42.5 Å². The Morgan fingerprint density at radius 2 is 2.26 bits per heavy atom. The first-order valence-corrected chi connectivity index (χ1v) is 8.08. The average molecular weight is 318 g/mol. The van der Waals surface area contributed by atoms with Gasteiger partial charge in [0.05, 0.1) is 19.2 Å². The molecule has 124 valence electrons. The van der Waals surface area contributed by atoms with Gasteiger partial charge in [-0.25, -0.2) is 4.79 Å². The van der Waals surface area contributed by atoms with Crippen LogP contribution in [0.1, 0.15) is 43.4 Å². The molecule has 0 aromatic heterocycles. The maximum Gasteiger partial charge on any atom is 0.414 e. The first-order chi connectivity index (χ1) is 11.0. The summed E-state index contributed by atoms with van der Waals surface area (Å²) in [6.45, 7) is 2.17. The third kappa shape index (κ3) is 3.47. The summed E-state index contributed by atoms with van der Waals surface area (Å²) in [5.41, 5.74) is 2.85. The molecule has 0 saturated carbocycles. The van der Waals surface area contributed by atoms with Crippen molar-refractivity contribution in [3.05, 3.63) is 29.3 Å². The molecule has 1 aliphatic carbocycles. The summed E-state index contributed by atoms with van der Waals surface area (Å²) < 4.78 is 5.29. The number of anilines is 1. The molecule has 2 amide bonds. The summed E-state index contributed by atoms with van der Waals surface area (Å²) in [6.07, 6.45) is 2.61. The van der Waals surface area contributed by atoms with E-state index in [-0.39, 0.29) is 12.0 Å². The van der Waals surface area contributed by atoms with Crippen molar-refractivity contribution in [1.82, 2.24) is 5.32 Å². The van der Waals surface area contributed by atoms with E-state index in [2.05, 4.69) is 5.32 Å². The Balaban J connectivity index is 1.75. The zero-order chi connectivity index (χ0) is 16.4. The van der Waals surface area contributed by atoms with Crippen molar-refractivity contribution in [2.45, 2.75) is 44.8 Å². The molecule has 6 heteroatoms. The van der Waals surface area contributed by atoms with E-state index in [0.717, 1.165) is 42.5 Å². The maximum absolute atomic E-state index is 12.1. The van der Waals surface area contributed by atoms with Crippen molar-refractivity contribution in [1.29, 1.82) is 0 Å². The molecule has 1 fully saturated rings. The summed E-state index contributed by atoms with van der Waals surface area (Å²) in [5, 5.41) is 12.8. The maximum atomic E-state index is 12.1. The number of nitrogens with zero attached hydrogens (tertiary/aromatic N) is 1. The highest BCUT2D eigenvalue weighted by Crippen LogP contribution is 2.32. The summed E-state index contributed by atoms with van der Waals surface area (Å²) in [6, 6.07) is 5.75. The number of benzene rings is 1. The molecule has 0 radical (unpaired) electrons. The molecular formula is C17H22N2O4. The van der Waals surface area contributed by atoms with Crippen molar-refractivity contribution in [3.8, 4) is 0 Å². The van der Waals surface area contributed by atoms with Gasteiger partial charge < -0.3 is 15.2 Å². The number of aliphatic hydroxyl groups excluding tert-OH is 1. The van der Waals surface area contributed by atoms with Crippen molar-refractivity contribution in [3.63, 3.8) is 0 Å². The molecule has 23 heavy (non-hydrogen) atoms. The normalized spacial score (nSPS) is 23.9. The lowest BCUT2D eigenvalue weighted by Crippen LogP contribution is -2.33. The fourth-order valence-electron chi connectivity index (χ4n) is 3.21. The van der Waals surface area contributed by atoms with E-state index in [1.807, 2.05) is 18.2 Å². The number of rotatable bonds is 3. The van der Waals surface area contributed by atoms with Crippen molar-refractivity contribution in [2.75, 3.05) is 18.0 Å².